The van der Waals surface area contributed by atoms with Crippen LogP contribution in [0.15, 0.2) is 16.5 Å². The smallest absolute Gasteiger partial charge is 0.247 e. The van der Waals surface area contributed by atoms with E-state index in [9.17, 15) is 0 Å². The largest absolute Gasteiger partial charge is 0.440 e. The zero-order chi connectivity index (χ0) is 10.1. The molecule has 2 aromatic rings. The minimum atomic E-state index is 0.383. The second-order valence-electron chi connectivity index (χ2n) is 3.00. The highest BCUT2D eigenvalue weighted by Gasteiger charge is 2.09. The van der Waals surface area contributed by atoms with E-state index >= 15 is 0 Å². The maximum absolute atomic E-state index is 5.42. The molecule has 2 rings (SSSR count). The van der Waals surface area contributed by atoms with Crippen molar-refractivity contribution in [1.82, 2.24) is 15.2 Å². The number of anilines is 1. The van der Waals surface area contributed by atoms with Gasteiger partial charge in [0, 0.05) is 0 Å². The van der Waals surface area contributed by atoms with Gasteiger partial charge in [0.15, 0.2) is 0 Å². The summed E-state index contributed by atoms with van der Waals surface area (Å²) in [5.74, 6) is 1.65. The molecule has 2 heterocycles. The summed E-state index contributed by atoms with van der Waals surface area (Å²) in [6, 6.07) is 3.39. The fourth-order valence-electron chi connectivity index (χ4n) is 1.04. The molecule has 0 bridgehead atoms. The van der Waals surface area contributed by atoms with Crippen molar-refractivity contribution in [3.63, 3.8) is 0 Å². The maximum atomic E-state index is 5.42. The number of hydrogen-bond donors (Lipinski definition) is 1. The molecule has 0 fully saturated rings. The molecule has 0 saturated heterocycles. The van der Waals surface area contributed by atoms with Crippen LogP contribution in [0.4, 0.5) is 5.82 Å². The van der Waals surface area contributed by atoms with E-state index < -0.39 is 0 Å². The monoisotopic (exact) mass is 190 g/mol. The Morgan fingerprint density at radius 3 is 2.50 bits per heavy atom. The Balaban J connectivity index is 2.44. The van der Waals surface area contributed by atoms with Crippen LogP contribution in [-0.4, -0.2) is 15.2 Å². The molecule has 0 unspecified atom stereocenters. The van der Waals surface area contributed by atoms with Gasteiger partial charge in [-0.15, -0.1) is 10.2 Å². The summed E-state index contributed by atoms with van der Waals surface area (Å²) in [4.78, 5) is 4.20. The first-order valence-electron chi connectivity index (χ1n) is 4.20. The molecule has 0 aliphatic carbocycles. The van der Waals surface area contributed by atoms with E-state index in [2.05, 4.69) is 15.2 Å². The van der Waals surface area contributed by atoms with Gasteiger partial charge in [-0.1, -0.05) is 0 Å². The molecular formula is C9H10N4O. The van der Waals surface area contributed by atoms with E-state index in [1.54, 1.807) is 12.1 Å². The molecule has 0 aliphatic rings. The van der Waals surface area contributed by atoms with Crippen molar-refractivity contribution < 1.29 is 4.42 Å². The molecule has 0 saturated carbocycles. The predicted molar refractivity (Wildman–Crippen MR) is 51.4 cm³/mol. The molecule has 2 N–H and O–H groups in total. The molecule has 14 heavy (non-hydrogen) atoms. The third-order valence-electron chi connectivity index (χ3n) is 1.93. The van der Waals surface area contributed by atoms with Crippen molar-refractivity contribution in [2.45, 2.75) is 13.8 Å². The fraction of sp³-hybridized carbons (Fsp3) is 0.222. The summed E-state index contributed by atoms with van der Waals surface area (Å²) < 4.78 is 5.39. The number of oxazole rings is 1. The fourth-order valence-corrected chi connectivity index (χ4v) is 1.04. The Hall–Kier alpha value is -1.91. The Morgan fingerprint density at radius 2 is 2.00 bits per heavy atom. The Bertz CT molecular complexity index is 427. The quantitative estimate of drug-likeness (QED) is 0.733. The predicted octanol–water partition coefficient (Wildman–Crippen LogP) is 1.33. The summed E-state index contributed by atoms with van der Waals surface area (Å²) in [6.45, 7) is 3.74. The molecule has 5 heteroatoms. The second kappa shape index (κ2) is 3.10. The van der Waals surface area contributed by atoms with Crippen LogP contribution in [0.1, 0.15) is 11.5 Å². The van der Waals surface area contributed by atoms with Gasteiger partial charge < -0.3 is 10.2 Å². The minimum Gasteiger partial charge on any atom is -0.440 e. The zero-order valence-corrected chi connectivity index (χ0v) is 7.98. The number of aryl methyl sites for hydroxylation is 2. The molecule has 5 nitrogen and oxygen atoms in total. The first-order chi connectivity index (χ1) is 6.66. The van der Waals surface area contributed by atoms with Gasteiger partial charge in [-0.3, -0.25) is 0 Å². The topological polar surface area (TPSA) is 77.8 Å². The highest BCUT2D eigenvalue weighted by Crippen LogP contribution is 2.18. The van der Waals surface area contributed by atoms with E-state index in [1.807, 2.05) is 13.8 Å². The van der Waals surface area contributed by atoms with E-state index in [-0.39, 0.29) is 0 Å². The van der Waals surface area contributed by atoms with Crippen molar-refractivity contribution in [2.75, 3.05) is 5.73 Å². The van der Waals surface area contributed by atoms with Crippen molar-refractivity contribution in [3.8, 4) is 11.6 Å². The highest BCUT2D eigenvalue weighted by molar-refractivity contribution is 5.48. The number of rotatable bonds is 1. The van der Waals surface area contributed by atoms with Crippen LogP contribution < -0.4 is 5.73 Å². The normalized spacial score (nSPS) is 10.4. The summed E-state index contributed by atoms with van der Waals surface area (Å²) in [5.41, 5.74) is 6.87. The van der Waals surface area contributed by atoms with Gasteiger partial charge in [0.25, 0.3) is 0 Å². The van der Waals surface area contributed by atoms with Gasteiger partial charge >= 0.3 is 0 Å². The van der Waals surface area contributed by atoms with Gasteiger partial charge in [0.05, 0.1) is 5.69 Å². The van der Waals surface area contributed by atoms with Crippen molar-refractivity contribution in [3.05, 3.63) is 23.6 Å². The van der Waals surface area contributed by atoms with Gasteiger partial charge in [0.2, 0.25) is 5.89 Å². The van der Waals surface area contributed by atoms with Crippen molar-refractivity contribution in [2.24, 2.45) is 0 Å². The standard InChI is InChI=1S/C9H10N4O/c1-5-6(2)14-9(11-5)7-3-4-8(10)13-12-7/h3-4H,1-2H3,(H2,10,13). The van der Waals surface area contributed by atoms with Crippen LogP contribution in [0.3, 0.4) is 0 Å². The van der Waals surface area contributed by atoms with Crippen LogP contribution in [0.25, 0.3) is 11.6 Å². The molecule has 0 atom stereocenters. The third-order valence-corrected chi connectivity index (χ3v) is 1.93. The number of aromatic nitrogens is 3. The van der Waals surface area contributed by atoms with Crippen LogP contribution in [0, 0.1) is 13.8 Å². The number of nitrogens with zero attached hydrogens (tertiary/aromatic N) is 3. The van der Waals surface area contributed by atoms with Crippen LogP contribution in [-0.2, 0) is 0 Å². The number of hydrogen-bond acceptors (Lipinski definition) is 5. The third kappa shape index (κ3) is 1.44. The lowest BCUT2D eigenvalue weighted by Gasteiger charge is -1.93. The molecule has 0 radical (unpaired) electrons. The van der Waals surface area contributed by atoms with E-state index in [0.717, 1.165) is 11.5 Å². The molecule has 72 valence electrons. The maximum Gasteiger partial charge on any atom is 0.247 e. The van der Waals surface area contributed by atoms with Gasteiger partial charge in [-0.2, -0.15) is 0 Å². The first-order valence-corrected chi connectivity index (χ1v) is 4.20. The first kappa shape index (κ1) is 8.68. The second-order valence-corrected chi connectivity index (χ2v) is 3.00. The lowest BCUT2D eigenvalue weighted by atomic mass is 10.4. The van der Waals surface area contributed by atoms with Crippen LogP contribution in [0.5, 0.6) is 0 Å². The average Bonchev–Trinajstić information content (AvgIpc) is 2.48. The van der Waals surface area contributed by atoms with Gasteiger partial charge in [0.1, 0.15) is 17.3 Å². The van der Waals surface area contributed by atoms with Gasteiger partial charge in [-0.25, -0.2) is 4.98 Å². The average molecular weight is 190 g/mol. The molecule has 0 aliphatic heterocycles. The van der Waals surface area contributed by atoms with E-state index in [4.69, 9.17) is 10.2 Å². The van der Waals surface area contributed by atoms with E-state index in [1.165, 1.54) is 0 Å². The molecular weight excluding hydrogens is 180 g/mol. The lowest BCUT2D eigenvalue weighted by molar-refractivity contribution is 0.538. The summed E-state index contributed by atoms with van der Waals surface area (Å²) in [5, 5.41) is 7.59. The van der Waals surface area contributed by atoms with Crippen LogP contribution >= 0.6 is 0 Å². The molecule has 0 spiro atoms. The highest BCUT2D eigenvalue weighted by atomic mass is 16.4. The van der Waals surface area contributed by atoms with Gasteiger partial charge in [-0.05, 0) is 26.0 Å². The van der Waals surface area contributed by atoms with Crippen molar-refractivity contribution >= 4 is 5.82 Å². The molecule has 0 aromatic carbocycles. The summed E-state index contributed by atoms with van der Waals surface area (Å²) in [7, 11) is 0. The lowest BCUT2D eigenvalue weighted by Crippen LogP contribution is -1.93. The number of nitrogens with two attached hydrogens (primary N) is 1. The number of nitrogen functional groups attached to an aromatic ring is 1. The Kier molecular flexibility index (Phi) is 1.92. The molecule has 0 amide bonds. The minimum absolute atomic E-state index is 0.383. The summed E-state index contributed by atoms with van der Waals surface area (Å²) >= 11 is 0. The summed E-state index contributed by atoms with van der Waals surface area (Å²) in [6.07, 6.45) is 0. The Labute approximate surface area is 81.0 Å². The SMILES string of the molecule is Cc1nc(-c2ccc(N)nn2)oc1C. The Morgan fingerprint density at radius 1 is 1.21 bits per heavy atom. The van der Waals surface area contributed by atoms with Crippen molar-refractivity contribution in [1.29, 1.82) is 0 Å². The van der Waals surface area contributed by atoms with Crippen LogP contribution in [0.2, 0.25) is 0 Å². The molecule has 2 aromatic heterocycles. The zero-order valence-electron chi connectivity index (χ0n) is 7.98. The van der Waals surface area contributed by atoms with E-state index in [0.29, 0.717) is 17.4 Å².